The summed E-state index contributed by atoms with van der Waals surface area (Å²) in [5.74, 6) is 1.25. The Bertz CT molecular complexity index is 735. The number of methoxy groups -OCH3 is 2. The summed E-state index contributed by atoms with van der Waals surface area (Å²) >= 11 is 0. The maximum atomic E-state index is 12.5. The Hall–Kier alpha value is -2.37. The van der Waals surface area contributed by atoms with Gasteiger partial charge in [-0.15, -0.1) is 0 Å². The zero-order valence-electron chi connectivity index (χ0n) is 18.1. The van der Waals surface area contributed by atoms with E-state index in [1.54, 1.807) is 14.2 Å². The van der Waals surface area contributed by atoms with E-state index >= 15 is 0 Å². The van der Waals surface area contributed by atoms with E-state index in [2.05, 4.69) is 19.2 Å². The summed E-state index contributed by atoms with van der Waals surface area (Å²) in [6.07, 6.45) is 0.544. The van der Waals surface area contributed by atoms with Crippen LogP contribution in [0.5, 0.6) is 0 Å². The summed E-state index contributed by atoms with van der Waals surface area (Å²) in [5.41, 5.74) is -0.269. The monoisotopic (exact) mass is 387 g/mol. The van der Waals surface area contributed by atoms with Gasteiger partial charge < -0.3 is 14.8 Å². The number of hydrogen-bond donors (Lipinski definition) is 1. The minimum Gasteiger partial charge on any atom is -0.483 e. The van der Waals surface area contributed by atoms with Crippen LogP contribution in [0, 0.1) is 11.3 Å². The lowest BCUT2D eigenvalue weighted by molar-refractivity contribution is -0.128. The number of amides is 1. The van der Waals surface area contributed by atoms with Crippen molar-refractivity contribution in [2.45, 2.75) is 52.6 Å². The molecule has 0 aliphatic carbocycles. The van der Waals surface area contributed by atoms with Crippen LogP contribution in [0.4, 0.5) is 0 Å². The molecule has 6 nitrogen and oxygen atoms in total. The maximum absolute atomic E-state index is 12.5. The van der Waals surface area contributed by atoms with Crippen molar-refractivity contribution in [3.8, 4) is 0 Å². The normalized spacial score (nSPS) is 22.4. The molecular weight excluding hydrogens is 354 g/mol. The number of nitrogens with zero attached hydrogens (tertiary/aromatic N) is 2. The number of carbonyl (C=O) groups is 1. The Morgan fingerprint density at radius 3 is 2.32 bits per heavy atom. The van der Waals surface area contributed by atoms with Crippen LogP contribution in [0.2, 0.25) is 0 Å². The summed E-state index contributed by atoms with van der Waals surface area (Å²) < 4.78 is 11.3. The lowest BCUT2D eigenvalue weighted by atomic mass is 9.87. The van der Waals surface area contributed by atoms with Gasteiger partial charge in [0.25, 0.3) is 0 Å². The molecule has 0 aromatic heterocycles. The van der Waals surface area contributed by atoms with Gasteiger partial charge in [0.2, 0.25) is 17.7 Å². The third-order valence-electron chi connectivity index (χ3n) is 4.83. The predicted octanol–water partition coefficient (Wildman–Crippen LogP) is 3.26. The zero-order valence-corrected chi connectivity index (χ0v) is 18.1. The quantitative estimate of drug-likeness (QED) is 0.843. The Kier molecular flexibility index (Phi) is 6.86. The third kappa shape index (κ3) is 4.91. The van der Waals surface area contributed by atoms with Gasteiger partial charge in [-0.2, -0.15) is 0 Å². The van der Waals surface area contributed by atoms with Crippen molar-refractivity contribution in [1.82, 2.24) is 5.32 Å². The molecule has 0 saturated carbocycles. The van der Waals surface area contributed by atoms with Gasteiger partial charge >= 0.3 is 0 Å². The first kappa shape index (κ1) is 21.9. The molecule has 0 unspecified atom stereocenters. The molecule has 0 bridgehead atoms. The number of nitrogens with one attached hydrogen (secondary N) is 1. The summed E-state index contributed by atoms with van der Waals surface area (Å²) in [6.45, 7) is 10.1. The lowest BCUT2D eigenvalue weighted by Gasteiger charge is -2.37. The molecule has 28 heavy (non-hydrogen) atoms. The van der Waals surface area contributed by atoms with Crippen molar-refractivity contribution in [2.75, 3.05) is 20.8 Å². The Morgan fingerprint density at radius 1 is 1.18 bits per heavy atom. The molecule has 0 radical (unpaired) electrons. The average Bonchev–Trinajstić information content (AvgIpc) is 2.65. The van der Waals surface area contributed by atoms with Gasteiger partial charge in [-0.05, 0) is 11.5 Å². The van der Waals surface area contributed by atoms with Crippen LogP contribution in [-0.4, -0.2) is 50.0 Å². The first-order valence-corrected chi connectivity index (χ1v) is 9.71. The van der Waals surface area contributed by atoms with Gasteiger partial charge in [0.1, 0.15) is 6.04 Å². The van der Waals surface area contributed by atoms with E-state index in [9.17, 15) is 4.79 Å². The van der Waals surface area contributed by atoms with Gasteiger partial charge in [0.05, 0.1) is 20.8 Å². The van der Waals surface area contributed by atoms with Gasteiger partial charge in [0.15, 0.2) is 5.54 Å². The molecule has 1 aromatic rings. The van der Waals surface area contributed by atoms with E-state index in [-0.39, 0.29) is 24.4 Å². The van der Waals surface area contributed by atoms with Gasteiger partial charge in [-0.25, -0.2) is 9.98 Å². The molecule has 2 rings (SSSR count). The number of ether oxygens (including phenoxy) is 2. The predicted molar refractivity (Wildman–Crippen MR) is 113 cm³/mol. The fraction of sp³-hybridized carbons (Fsp3) is 0.591. The molecule has 1 heterocycles. The summed E-state index contributed by atoms with van der Waals surface area (Å²) in [7, 11) is 3.22. The number of hydrogen-bond acceptors (Lipinski definition) is 5. The maximum Gasteiger partial charge on any atom is 0.225 e. The minimum atomic E-state index is -0.853. The van der Waals surface area contributed by atoms with Gasteiger partial charge in [-0.1, -0.05) is 65.0 Å². The second-order valence-corrected chi connectivity index (χ2v) is 8.61. The van der Waals surface area contributed by atoms with E-state index in [4.69, 9.17) is 19.5 Å². The van der Waals surface area contributed by atoms with Gasteiger partial charge in [-0.3, -0.25) is 4.79 Å². The van der Waals surface area contributed by atoms with Gasteiger partial charge in [0, 0.05) is 11.8 Å². The molecular formula is C22H33N3O3. The third-order valence-corrected chi connectivity index (χ3v) is 4.83. The van der Waals surface area contributed by atoms with Crippen molar-refractivity contribution in [3.05, 3.63) is 35.9 Å². The Morgan fingerprint density at radius 2 is 1.82 bits per heavy atom. The highest BCUT2D eigenvalue weighted by Crippen LogP contribution is 2.28. The molecule has 2 atom stereocenters. The van der Waals surface area contributed by atoms with Crippen molar-refractivity contribution in [2.24, 2.45) is 21.3 Å². The smallest absolute Gasteiger partial charge is 0.225 e. The molecule has 1 aliphatic rings. The molecule has 0 fully saturated rings. The zero-order chi connectivity index (χ0) is 20.9. The SMILES string of the molecule is COC1=N[C@@](CNC(=O)C(C)(C)C)(Cc2ccccc2)C(OC)=N[C@H]1C(C)C. The molecule has 0 spiro atoms. The highest BCUT2D eigenvalue weighted by atomic mass is 16.5. The summed E-state index contributed by atoms with van der Waals surface area (Å²) in [4.78, 5) is 22.3. The summed E-state index contributed by atoms with van der Waals surface area (Å²) in [6, 6.07) is 9.82. The van der Waals surface area contributed by atoms with Crippen LogP contribution >= 0.6 is 0 Å². The fourth-order valence-electron chi connectivity index (χ4n) is 3.19. The van der Waals surface area contributed by atoms with E-state index in [0.29, 0.717) is 18.2 Å². The molecule has 1 aliphatic heterocycles. The van der Waals surface area contributed by atoms with Crippen LogP contribution in [0.25, 0.3) is 0 Å². The van der Waals surface area contributed by atoms with E-state index in [1.165, 1.54) is 0 Å². The van der Waals surface area contributed by atoms with Crippen LogP contribution in [0.15, 0.2) is 40.3 Å². The molecule has 1 N–H and O–H groups in total. The molecule has 1 amide bonds. The minimum absolute atomic E-state index is 0.0458. The second-order valence-electron chi connectivity index (χ2n) is 8.61. The fourth-order valence-corrected chi connectivity index (χ4v) is 3.19. The molecule has 154 valence electrons. The Labute approximate surface area is 168 Å². The second kappa shape index (κ2) is 8.76. The van der Waals surface area contributed by atoms with E-state index in [0.717, 1.165) is 5.56 Å². The number of aliphatic imine (C=N–C) groups is 2. The number of carbonyl (C=O) groups excluding carboxylic acids is 1. The van der Waals surface area contributed by atoms with Crippen molar-refractivity contribution < 1.29 is 14.3 Å². The summed E-state index contributed by atoms with van der Waals surface area (Å²) in [5, 5.41) is 3.04. The van der Waals surface area contributed by atoms with Crippen molar-refractivity contribution in [3.63, 3.8) is 0 Å². The topological polar surface area (TPSA) is 72.3 Å². The number of rotatable bonds is 5. The van der Waals surface area contributed by atoms with Crippen molar-refractivity contribution in [1.29, 1.82) is 0 Å². The van der Waals surface area contributed by atoms with Crippen LogP contribution in [-0.2, 0) is 20.7 Å². The molecule has 0 saturated heterocycles. The van der Waals surface area contributed by atoms with Crippen LogP contribution in [0.3, 0.4) is 0 Å². The highest BCUT2D eigenvalue weighted by molar-refractivity contribution is 5.97. The Balaban J connectivity index is 2.47. The van der Waals surface area contributed by atoms with Crippen LogP contribution in [0.1, 0.15) is 40.2 Å². The first-order chi connectivity index (χ1) is 13.1. The largest absolute Gasteiger partial charge is 0.483 e. The number of benzene rings is 1. The van der Waals surface area contributed by atoms with E-state index in [1.807, 2.05) is 51.1 Å². The van der Waals surface area contributed by atoms with Crippen LogP contribution < -0.4 is 5.32 Å². The molecule has 6 heteroatoms. The lowest BCUT2D eigenvalue weighted by Crippen LogP contribution is -2.55. The average molecular weight is 388 g/mol. The standard InChI is InChI=1S/C22H33N3O3/c1-15(2)17-18(27-6)25-22(20(24-17)28-7,13-16-11-9-8-10-12-16)14-23-19(26)21(3,4)5/h8-12,15,17H,13-14H2,1-7H3,(H,23,26)/t17-,22+/m0/s1. The first-order valence-electron chi connectivity index (χ1n) is 9.71. The highest BCUT2D eigenvalue weighted by Gasteiger charge is 2.44. The molecule has 1 aromatic carbocycles. The van der Waals surface area contributed by atoms with Crippen molar-refractivity contribution >= 4 is 17.7 Å². The van der Waals surface area contributed by atoms with E-state index < -0.39 is 11.0 Å².